The van der Waals surface area contributed by atoms with Gasteiger partial charge in [-0.2, -0.15) is 0 Å². The molecule has 0 aromatic heterocycles. The number of hydrogen-bond donors (Lipinski definition) is 2. The Hall–Kier alpha value is -0.0800. The van der Waals surface area contributed by atoms with Crippen LogP contribution in [0.1, 0.15) is 155 Å². The monoisotopic (exact) mass is 497 g/mol. The zero-order valence-electron chi connectivity index (χ0n) is 25.4. The van der Waals surface area contributed by atoms with Gasteiger partial charge in [-0.1, -0.05) is 90.5 Å². The topological polar surface area (TPSA) is 40.5 Å². The molecular weight excluding hydrogens is 428 g/mol. The third-order valence-corrected chi connectivity index (χ3v) is 8.68. The van der Waals surface area contributed by atoms with E-state index in [-0.39, 0.29) is 30.5 Å². The first-order valence-corrected chi connectivity index (χ1v) is 14.6. The quantitative estimate of drug-likeness (QED) is 0.406. The molecular formula is C33H68O2. The maximum absolute atomic E-state index is 10.3. The summed E-state index contributed by atoms with van der Waals surface area (Å²) in [7, 11) is 0. The molecule has 35 heavy (non-hydrogen) atoms. The van der Waals surface area contributed by atoms with Crippen molar-refractivity contribution in [3.63, 3.8) is 0 Å². The molecule has 0 radical (unpaired) electrons. The van der Waals surface area contributed by atoms with E-state index in [1.807, 2.05) is 0 Å². The molecule has 0 aromatic rings. The predicted octanol–water partition coefficient (Wildman–Crippen LogP) is 9.91. The lowest BCUT2D eigenvalue weighted by Crippen LogP contribution is -2.37. The Kier molecular flexibility index (Phi) is 13.6. The minimum atomic E-state index is -0.0753. The van der Waals surface area contributed by atoms with Gasteiger partial charge in [0.25, 0.3) is 0 Å². The first-order chi connectivity index (χ1) is 15.2. The van der Waals surface area contributed by atoms with Crippen molar-refractivity contribution in [2.45, 2.75) is 167 Å². The molecule has 0 aromatic carbocycles. The van der Waals surface area contributed by atoms with E-state index >= 15 is 0 Å². The van der Waals surface area contributed by atoms with Gasteiger partial charge >= 0.3 is 0 Å². The van der Waals surface area contributed by atoms with Crippen molar-refractivity contribution in [1.29, 1.82) is 0 Å². The lowest BCUT2D eigenvalue weighted by Gasteiger charge is -2.41. The van der Waals surface area contributed by atoms with Crippen molar-refractivity contribution >= 4 is 0 Å². The van der Waals surface area contributed by atoms with Gasteiger partial charge in [0.2, 0.25) is 0 Å². The second kappa shape index (κ2) is 13.6. The smallest absolute Gasteiger partial charge is 0.0576 e. The summed E-state index contributed by atoms with van der Waals surface area (Å²) in [6.45, 7) is 27.5. The molecule has 0 bridgehead atoms. The molecule has 6 unspecified atom stereocenters. The lowest BCUT2D eigenvalue weighted by molar-refractivity contribution is -0.0117. The summed E-state index contributed by atoms with van der Waals surface area (Å²) in [6, 6.07) is 0. The van der Waals surface area contributed by atoms with Crippen LogP contribution < -0.4 is 0 Å². The molecule has 2 N–H and O–H groups in total. The zero-order chi connectivity index (χ0) is 26.5. The van der Waals surface area contributed by atoms with Crippen molar-refractivity contribution < 1.29 is 10.2 Å². The van der Waals surface area contributed by atoms with Gasteiger partial charge in [0.1, 0.15) is 0 Å². The summed E-state index contributed by atoms with van der Waals surface area (Å²) < 4.78 is 0. The highest BCUT2D eigenvalue weighted by molar-refractivity contribution is 4.88. The Morgan fingerprint density at radius 3 is 1.29 bits per heavy atom. The van der Waals surface area contributed by atoms with Crippen molar-refractivity contribution in [1.82, 2.24) is 0 Å². The molecule has 2 aliphatic rings. The minimum absolute atomic E-state index is 0. The molecule has 0 heterocycles. The summed E-state index contributed by atoms with van der Waals surface area (Å²) in [4.78, 5) is 0. The highest BCUT2D eigenvalue weighted by Crippen LogP contribution is 2.43. The molecule has 2 fully saturated rings. The van der Waals surface area contributed by atoms with Crippen molar-refractivity contribution in [2.75, 3.05) is 0 Å². The van der Waals surface area contributed by atoms with Gasteiger partial charge < -0.3 is 10.2 Å². The molecule has 0 aliphatic heterocycles. The number of rotatable bonds is 4. The fourth-order valence-electron chi connectivity index (χ4n) is 6.21. The van der Waals surface area contributed by atoms with Crippen LogP contribution in [-0.2, 0) is 0 Å². The standard InChI is InChI=1S/2C16H32O.CH4/c1-15(2,3)10-9-12-7-8-14(17)13(11-12)16(4,5)6;1-15(2,3)10-9-12-7-8-13(14(17)11-12)16(4,5)6;/h2*12-14,17H,7-11H2,1-6H3;1H4. The lowest BCUT2D eigenvalue weighted by atomic mass is 9.66. The molecule has 2 aliphatic carbocycles. The highest BCUT2D eigenvalue weighted by Gasteiger charge is 2.37. The van der Waals surface area contributed by atoms with Gasteiger partial charge in [0.05, 0.1) is 12.2 Å². The third kappa shape index (κ3) is 13.9. The maximum Gasteiger partial charge on any atom is 0.0576 e. The average Bonchev–Trinajstić information content (AvgIpc) is 2.63. The Morgan fingerprint density at radius 2 is 0.914 bits per heavy atom. The van der Waals surface area contributed by atoms with Crippen molar-refractivity contribution in [2.24, 2.45) is 45.3 Å². The molecule has 6 atom stereocenters. The maximum atomic E-state index is 10.3. The fraction of sp³-hybridized carbons (Fsp3) is 1.00. The molecule has 212 valence electrons. The summed E-state index contributed by atoms with van der Waals surface area (Å²) in [5.41, 5.74) is 1.40. The third-order valence-electron chi connectivity index (χ3n) is 8.68. The minimum Gasteiger partial charge on any atom is -0.393 e. The first-order valence-electron chi connectivity index (χ1n) is 14.6. The molecule has 2 rings (SSSR count). The summed E-state index contributed by atoms with van der Waals surface area (Å²) in [5, 5.41) is 20.5. The summed E-state index contributed by atoms with van der Waals surface area (Å²) >= 11 is 0. The van der Waals surface area contributed by atoms with Crippen molar-refractivity contribution in [3.8, 4) is 0 Å². The second-order valence-corrected chi connectivity index (χ2v) is 16.6. The van der Waals surface area contributed by atoms with Crippen LogP contribution in [0.3, 0.4) is 0 Å². The molecule has 0 spiro atoms. The van der Waals surface area contributed by atoms with E-state index in [4.69, 9.17) is 0 Å². The van der Waals surface area contributed by atoms with Crippen molar-refractivity contribution in [3.05, 3.63) is 0 Å². The van der Waals surface area contributed by atoms with Gasteiger partial charge in [0, 0.05) is 0 Å². The van der Waals surface area contributed by atoms with Crippen LogP contribution in [-0.4, -0.2) is 22.4 Å². The van der Waals surface area contributed by atoms with Gasteiger partial charge in [-0.15, -0.1) is 0 Å². The zero-order valence-corrected chi connectivity index (χ0v) is 25.4. The van der Waals surface area contributed by atoms with Gasteiger partial charge in [-0.25, -0.2) is 0 Å². The number of aliphatic hydroxyl groups is 2. The predicted molar refractivity (Wildman–Crippen MR) is 157 cm³/mol. The Bertz CT molecular complexity index is 566. The van der Waals surface area contributed by atoms with Crippen LogP contribution in [0.15, 0.2) is 0 Å². The van der Waals surface area contributed by atoms with Gasteiger partial charge in [-0.05, 0) is 110 Å². The SMILES string of the molecule is C.CC(C)(C)CCC1CCC(C(C)(C)C)C(O)C1.CC(C)(C)CCC1CCC(O)C(C(C)(C)C)C1. The summed E-state index contributed by atoms with van der Waals surface area (Å²) in [6.07, 6.45) is 12.1. The molecule has 0 saturated heterocycles. The first kappa shape index (κ1) is 34.9. The van der Waals surface area contributed by atoms with E-state index in [1.165, 1.54) is 51.4 Å². The van der Waals surface area contributed by atoms with Crippen LogP contribution in [0.4, 0.5) is 0 Å². The van der Waals surface area contributed by atoms with E-state index in [2.05, 4.69) is 83.1 Å². The molecule has 2 heteroatoms. The number of hydrogen-bond acceptors (Lipinski definition) is 2. The Balaban J connectivity index is 0.000000642. The second-order valence-electron chi connectivity index (χ2n) is 16.6. The van der Waals surface area contributed by atoms with E-state index in [0.717, 1.165) is 24.7 Å². The van der Waals surface area contributed by atoms with E-state index in [9.17, 15) is 10.2 Å². The number of aliphatic hydroxyl groups excluding tert-OH is 2. The van der Waals surface area contributed by atoms with Crippen LogP contribution >= 0.6 is 0 Å². The molecule has 2 saturated carbocycles. The molecule has 2 nitrogen and oxygen atoms in total. The van der Waals surface area contributed by atoms with Gasteiger partial charge in [0.15, 0.2) is 0 Å². The fourth-order valence-corrected chi connectivity index (χ4v) is 6.21. The molecule has 0 amide bonds. The van der Waals surface area contributed by atoms with E-state index in [1.54, 1.807) is 0 Å². The van der Waals surface area contributed by atoms with Gasteiger partial charge in [-0.3, -0.25) is 0 Å². The normalized spacial score (nSPS) is 30.7. The summed E-state index contributed by atoms with van der Waals surface area (Å²) in [5.74, 6) is 2.57. The highest BCUT2D eigenvalue weighted by atomic mass is 16.3. The Labute approximate surface area is 222 Å². The van der Waals surface area contributed by atoms with Crippen LogP contribution in [0.2, 0.25) is 0 Å². The van der Waals surface area contributed by atoms with Crippen LogP contribution in [0.5, 0.6) is 0 Å². The average molecular weight is 497 g/mol. The Morgan fingerprint density at radius 1 is 0.514 bits per heavy atom. The largest absolute Gasteiger partial charge is 0.393 e. The van der Waals surface area contributed by atoms with E-state index < -0.39 is 0 Å². The van der Waals surface area contributed by atoms with E-state index in [0.29, 0.717) is 22.7 Å². The van der Waals surface area contributed by atoms with Crippen LogP contribution in [0, 0.1) is 45.3 Å². The van der Waals surface area contributed by atoms with Crippen LogP contribution in [0.25, 0.3) is 0 Å².